The number of carboxylic acids is 1. The number of unbranched alkanes of at least 4 members (excludes halogenated alkanes) is 2. The minimum Gasteiger partial charge on any atom is -0.481 e. The van der Waals surface area contributed by atoms with Crippen LogP contribution in [0.1, 0.15) is 132 Å². The average Bonchev–Trinajstić information content (AvgIpc) is 2.89. The van der Waals surface area contributed by atoms with Gasteiger partial charge in [0.15, 0.2) is 0 Å². The molecule has 9 atom stereocenters. The number of carbonyl (C=O) groups is 2. The molecule has 4 fully saturated rings. The first kappa shape index (κ1) is 32.0. The molecule has 5 rings (SSSR count). The molecule has 4 N–H and O–H groups in total. The van der Waals surface area contributed by atoms with Gasteiger partial charge in [-0.05, 0) is 115 Å². The second kappa shape index (κ2) is 10.6. The van der Waals surface area contributed by atoms with E-state index in [-0.39, 0.29) is 50.7 Å². The van der Waals surface area contributed by atoms with Crippen molar-refractivity contribution in [2.45, 2.75) is 144 Å². The molecule has 0 aliphatic heterocycles. The van der Waals surface area contributed by atoms with Crippen LogP contribution in [0.2, 0.25) is 0 Å². The van der Waals surface area contributed by atoms with Gasteiger partial charge in [0.25, 0.3) is 0 Å². The summed E-state index contributed by atoms with van der Waals surface area (Å²) in [5.74, 6) is 0.514. The quantitative estimate of drug-likeness (QED) is 0.192. The molecule has 4 saturated carbocycles. The molecule has 1 amide bonds. The van der Waals surface area contributed by atoms with Crippen molar-refractivity contribution in [3.8, 4) is 0 Å². The van der Waals surface area contributed by atoms with Crippen LogP contribution in [-0.4, -0.2) is 45.9 Å². The molecule has 6 nitrogen and oxygen atoms in total. The van der Waals surface area contributed by atoms with E-state index < -0.39 is 18.2 Å². The van der Waals surface area contributed by atoms with E-state index in [0.29, 0.717) is 31.2 Å². The predicted octanol–water partition coefficient (Wildman–Crippen LogP) is 6.88. The second-order valence-corrected chi connectivity index (χ2v) is 17.4. The molecule has 42 heavy (non-hydrogen) atoms. The number of hydrogen-bond donors (Lipinski definition) is 4. The topological polar surface area (TPSA) is 107 Å². The zero-order valence-corrected chi connectivity index (χ0v) is 27.5. The first-order chi connectivity index (χ1) is 19.4. The number of allylic oxidation sites excluding steroid dienone is 2. The molecule has 0 unspecified atom stereocenters. The van der Waals surface area contributed by atoms with Crippen LogP contribution in [0.15, 0.2) is 11.6 Å². The molecule has 0 aromatic carbocycles. The Balaban J connectivity index is 1.44. The monoisotopic (exact) mass is 585 g/mol. The van der Waals surface area contributed by atoms with E-state index in [2.05, 4.69) is 59.9 Å². The maximum atomic E-state index is 14.1. The van der Waals surface area contributed by atoms with E-state index in [1.807, 2.05) is 0 Å². The maximum Gasteiger partial charge on any atom is 0.303 e. The second-order valence-electron chi connectivity index (χ2n) is 17.4. The summed E-state index contributed by atoms with van der Waals surface area (Å²) in [6, 6.07) is 0. The van der Waals surface area contributed by atoms with Gasteiger partial charge in [0.05, 0.1) is 17.6 Å². The third-order valence-corrected chi connectivity index (χ3v) is 14.4. The molecule has 0 aromatic heterocycles. The summed E-state index contributed by atoms with van der Waals surface area (Å²) < 4.78 is 0. The SMILES string of the molecule is CC1(C)CC[C@]2(C(=O)NCCCCCC(=O)O)CC[C@]3(C)C(=CC[C@@H]4[C@@]5(C)C[C@@H](O)[C@H](O)C(C)(C)[C@@H]5CC[C@]43C)[C@@H]2C1. The van der Waals surface area contributed by atoms with Crippen LogP contribution in [0, 0.1) is 50.2 Å². The van der Waals surface area contributed by atoms with Crippen LogP contribution in [0.4, 0.5) is 0 Å². The number of aliphatic carboxylic acids is 1. The Morgan fingerprint density at radius 3 is 2.26 bits per heavy atom. The van der Waals surface area contributed by atoms with E-state index >= 15 is 0 Å². The molecule has 0 aromatic rings. The largest absolute Gasteiger partial charge is 0.481 e. The Morgan fingerprint density at radius 1 is 0.881 bits per heavy atom. The number of nitrogens with one attached hydrogen (secondary N) is 1. The highest BCUT2D eigenvalue weighted by Gasteiger charge is 2.69. The summed E-state index contributed by atoms with van der Waals surface area (Å²) in [6.07, 6.45) is 12.5. The standard InChI is InChI=1S/C36H59NO5/c1-31(2)16-18-36(30(42)37-20-10-8-9-11-28(39)40)19-17-34(6)23(24(36)21-31)12-13-27-33(5)22-25(38)29(41)32(3,4)26(33)14-15-35(27,34)7/h12,24-27,29,38,41H,8-11,13-22H2,1-7H3,(H,37,42)(H,39,40)/t24-,25+,26-,27+,29-,33-,34+,35+,36-/m0/s1. The van der Waals surface area contributed by atoms with Gasteiger partial charge >= 0.3 is 5.97 Å². The smallest absolute Gasteiger partial charge is 0.303 e. The van der Waals surface area contributed by atoms with E-state index in [9.17, 15) is 19.8 Å². The number of amides is 1. The molecule has 5 aliphatic carbocycles. The molecule has 0 saturated heterocycles. The number of carbonyl (C=O) groups excluding carboxylic acids is 1. The Kier molecular flexibility index (Phi) is 8.08. The fourth-order valence-electron chi connectivity index (χ4n) is 11.7. The molecule has 0 heterocycles. The lowest BCUT2D eigenvalue weighted by molar-refractivity contribution is -0.231. The highest BCUT2D eigenvalue weighted by molar-refractivity contribution is 5.84. The van der Waals surface area contributed by atoms with Gasteiger partial charge in [-0.1, -0.05) is 66.5 Å². The van der Waals surface area contributed by atoms with Gasteiger partial charge in [0, 0.05) is 13.0 Å². The van der Waals surface area contributed by atoms with Crippen LogP contribution in [0.25, 0.3) is 0 Å². The van der Waals surface area contributed by atoms with Crippen molar-refractivity contribution in [3.05, 3.63) is 11.6 Å². The van der Waals surface area contributed by atoms with E-state index in [1.54, 1.807) is 0 Å². The predicted molar refractivity (Wildman–Crippen MR) is 166 cm³/mol. The molecule has 5 aliphatic rings. The molecular formula is C36H59NO5. The molecule has 0 spiro atoms. The number of hydrogen-bond acceptors (Lipinski definition) is 4. The summed E-state index contributed by atoms with van der Waals surface area (Å²) in [7, 11) is 0. The Bertz CT molecular complexity index is 1110. The number of rotatable bonds is 7. The first-order valence-corrected chi connectivity index (χ1v) is 17.0. The van der Waals surface area contributed by atoms with Gasteiger partial charge in [-0.25, -0.2) is 0 Å². The molecule has 6 heteroatoms. The van der Waals surface area contributed by atoms with Gasteiger partial charge < -0.3 is 20.6 Å². The van der Waals surface area contributed by atoms with Gasteiger partial charge in [-0.15, -0.1) is 0 Å². The zero-order valence-electron chi connectivity index (χ0n) is 27.5. The molecular weight excluding hydrogens is 526 g/mol. The molecule has 0 radical (unpaired) electrons. The minimum absolute atomic E-state index is 0.00769. The van der Waals surface area contributed by atoms with Gasteiger partial charge in [-0.2, -0.15) is 0 Å². The first-order valence-electron chi connectivity index (χ1n) is 17.0. The fourth-order valence-corrected chi connectivity index (χ4v) is 11.7. The Morgan fingerprint density at radius 2 is 1.57 bits per heavy atom. The third kappa shape index (κ3) is 4.71. The average molecular weight is 586 g/mol. The van der Waals surface area contributed by atoms with Crippen LogP contribution in [-0.2, 0) is 9.59 Å². The van der Waals surface area contributed by atoms with E-state index in [4.69, 9.17) is 5.11 Å². The van der Waals surface area contributed by atoms with Crippen molar-refractivity contribution in [2.75, 3.05) is 6.54 Å². The van der Waals surface area contributed by atoms with Crippen LogP contribution < -0.4 is 5.32 Å². The lowest BCUT2D eigenvalue weighted by Gasteiger charge is -2.71. The van der Waals surface area contributed by atoms with Crippen molar-refractivity contribution < 1.29 is 24.9 Å². The van der Waals surface area contributed by atoms with E-state index in [0.717, 1.165) is 64.2 Å². The van der Waals surface area contributed by atoms with Gasteiger partial charge in [0.2, 0.25) is 5.91 Å². The highest BCUT2D eigenvalue weighted by atomic mass is 16.4. The Labute approximate surface area is 254 Å². The number of aliphatic hydroxyl groups excluding tert-OH is 2. The normalized spacial score (nSPS) is 45.4. The van der Waals surface area contributed by atoms with Crippen LogP contribution in [0.3, 0.4) is 0 Å². The number of carboxylic acid groups (broad SMARTS) is 1. The van der Waals surface area contributed by atoms with Crippen molar-refractivity contribution in [2.24, 2.45) is 50.2 Å². The third-order valence-electron chi connectivity index (χ3n) is 14.4. The summed E-state index contributed by atoms with van der Waals surface area (Å²) in [5, 5.41) is 34.4. The Hall–Kier alpha value is -1.40. The lowest BCUT2D eigenvalue weighted by atomic mass is 9.33. The van der Waals surface area contributed by atoms with Gasteiger partial charge in [0.1, 0.15) is 0 Å². The summed E-state index contributed by atoms with van der Waals surface area (Å²) in [6.45, 7) is 17.2. The van der Waals surface area contributed by atoms with E-state index in [1.165, 1.54) is 5.57 Å². The molecule has 0 bridgehead atoms. The van der Waals surface area contributed by atoms with Crippen molar-refractivity contribution >= 4 is 11.9 Å². The highest BCUT2D eigenvalue weighted by Crippen LogP contribution is 2.75. The van der Waals surface area contributed by atoms with Gasteiger partial charge in [-0.3, -0.25) is 9.59 Å². The summed E-state index contributed by atoms with van der Waals surface area (Å²) in [5.41, 5.74) is 1.09. The van der Waals surface area contributed by atoms with Crippen molar-refractivity contribution in [3.63, 3.8) is 0 Å². The van der Waals surface area contributed by atoms with Crippen molar-refractivity contribution in [1.82, 2.24) is 5.32 Å². The fraction of sp³-hybridized carbons (Fsp3) is 0.889. The van der Waals surface area contributed by atoms with Crippen LogP contribution in [0.5, 0.6) is 0 Å². The molecule has 238 valence electrons. The van der Waals surface area contributed by atoms with Crippen LogP contribution >= 0.6 is 0 Å². The van der Waals surface area contributed by atoms with Crippen molar-refractivity contribution in [1.29, 1.82) is 0 Å². The summed E-state index contributed by atoms with van der Waals surface area (Å²) in [4.78, 5) is 25.0. The lowest BCUT2D eigenvalue weighted by Crippen LogP contribution is -2.67. The maximum absolute atomic E-state index is 14.1. The number of aliphatic hydroxyl groups is 2. The zero-order chi connectivity index (χ0) is 30.9. The minimum atomic E-state index is -0.754. The summed E-state index contributed by atoms with van der Waals surface area (Å²) >= 11 is 0. The number of fused-ring (bicyclic) bond motifs is 7.